The average molecular weight is 460 g/mol. The molecule has 3 aromatic rings. The zero-order valence-corrected chi connectivity index (χ0v) is 18.3. The first-order chi connectivity index (χ1) is 15.7. The summed E-state index contributed by atoms with van der Waals surface area (Å²) in [5.41, 5.74) is 3.29. The van der Waals surface area contributed by atoms with Crippen molar-refractivity contribution in [3.05, 3.63) is 72.3 Å². The number of nitrogens with zero attached hydrogens (tertiary/aromatic N) is 1. The first kappa shape index (κ1) is 23.8. The summed E-state index contributed by atoms with van der Waals surface area (Å²) in [6.45, 7) is -1.33. The summed E-state index contributed by atoms with van der Waals surface area (Å²) >= 11 is 0. The molecule has 0 aliphatic heterocycles. The van der Waals surface area contributed by atoms with Crippen LogP contribution in [0, 0.1) is 0 Å². The van der Waals surface area contributed by atoms with E-state index in [4.69, 9.17) is 14.2 Å². The molecule has 1 N–H and O–H groups in total. The van der Waals surface area contributed by atoms with Gasteiger partial charge in [0.15, 0.2) is 6.61 Å². The van der Waals surface area contributed by atoms with Crippen LogP contribution in [0.4, 0.5) is 35.9 Å². The van der Waals surface area contributed by atoms with E-state index in [9.17, 15) is 18.0 Å². The number of carbonyl (C=O) groups is 1. The lowest BCUT2D eigenvalue weighted by Crippen LogP contribution is -2.19. The van der Waals surface area contributed by atoms with Crippen LogP contribution in [0.15, 0.2) is 66.7 Å². The number of ether oxygens (including phenoxy) is 3. The third-order valence-corrected chi connectivity index (χ3v) is 4.79. The molecule has 6 nitrogen and oxygen atoms in total. The quantitative estimate of drug-likeness (QED) is 0.420. The highest BCUT2D eigenvalue weighted by Gasteiger charge is 2.28. The summed E-state index contributed by atoms with van der Waals surface area (Å²) in [6, 6.07) is 18.8. The van der Waals surface area contributed by atoms with Gasteiger partial charge in [0.2, 0.25) is 0 Å². The van der Waals surface area contributed by atoms with Crippen LogP contribution in [-0.4, -0.2) is 40.0 Å². The molecule has 0 aliphatic rings. The third-order valence-electron chi connectivity index (χ3n) is 4.79. The van der Waals surface area contributed by atoms with Gasteiger partial charge >= 0.3 is 12.1 Å². The molecule has 0 atom stereocenters. The molecule has 174 valence electrons. The van der Waals surface area contributed by atoms with E-state index in [0.29, 0.717) is 17.0 Å². The second-order valence-electron chi connectivity index (χ2n) is 7.03. The van der Waals surface area contributed by atoms with Crippen molar-refractivity contribution in [3.8, 4) is 11.5 Å². The van der Waals surface area contributed by atoms with Gasteiger partial charge in [0.05, 0.1) is 25.5 Å². The Hall–Kier alpha value is -3.88. The molecular formula is C24H23F3N2O4. The number of hydrogen-bond acceptors (Lipinski definition) is 6. The van der Waals surface area contributed by atoms with E-state index in [1.807, 2.05) is 36.2 Å². The molecule has 0 saturated heterocycles. The zero-order chi connectivity index (χ0) is 24.0. The summed E-state index contributed by atoms with van der Waals surface area (Å²) in [5.74, 6) is 0.188. The summed E-state index contributed by atoms with van der Waals surface area (Å²) in [6.07, 6.45) is -4.38. The minimum Gasteiger partial charge on any atom is -0.497 e. The highest BCUT2D eigenvalue weighted by atomic mass is 19.4. The fourth-order valence-corrected chi connectivity index (χ4v) is 3.04. The molecule has 0 saturated carbocycles. The number of esters is 1. The van der Waals surface area contributed by atoms with Gasteiger partial charge in [0.1, 0.15) is 11.5 Å². The van der Waals surface area contributed by atoms with Crippen molar-refractivity contribution >= 4 is 28.7 Å². The smallest absolute Gasteiger partial charge is 0.422 e. The van der Waals surface area contributed by atoms with Gasteiger partial charge in [0.25, 0.3) is 0 Å². The van der Waals surface area contributed by atoms with Gasteiger partial charge in [-0.15, -0.1) is 0 Å². The summed E-state index contributed by atoms with van der Waals surface area (Å²) in [7, 11) is 4.67. The van der Waals surface area contributed by atoms with E-state index in [0.717, 1.165) is 17.1 Å². The molecule has 0 fully saturated rings. The van der Waals surface area contributed by atoms with Crippen LogP contribution in [0.5, 0.6) is 11.5 Å². The molecular weight excluding hydrogens is 437 g/mol. The normalized spacial score (nSPS) is 11.0. The molecule has 33 heavy (non-hydrogen) atoms. The average Bonchev–Trinajstić information content (AvgIpc) is 2.82. The minimum atomic E-state index is -4.38. The number of rotatable bonds is 8. The molecule has 3 rings (SSSR count). The van der Waals surface area contributed by atoms with Crippen molar-refractivity contribution in [1.29, 1.82) is 0 Å². The maximum Gasteiger partial charge on any atom is 0.422 e. The first-order valence-corrected chi connectivity index (χ1v) is 9.87. The topological polar surface area (TPSA) is 60.0 Å². The second kappa shape index (κ2) is 10.2. The van der Waals surface area contributed by atoms with Gasteiger partial charge in [-0.25, -0.2) is 4.79 Å². The molecule has 0 aliphatic carbocycles. The van der Waals surface area contributed by atoms with Crippen LogP contribution >= 0.6 is 0 Å². The Morgan fingerprint density at radius 3 is 2.03 bits per heavy atom. The Kier molecular flexibility index (Phi) is 7.32. The molecule has 9 heteroatoms. The van der Waals surface area contributed by atoms with E-state index in [1.165, 1.54) is 26.4 Å². The standard InChI is InChI=1S/C24H23F3N2O4/c1-29(18-8-10-19(11-9-18)33-15-24(25,26)27)17-6-4-16(5-7-17)28-22-13-12-20(31-2)14-21(22)23(30)32-3/h4-14,28H,15H2,1-3H3. The summed E-state index contributed by atoms with van der Waals surface area (Å²) < 4.78 is 51.6. The van der Waals surface area contributed by atoms with Gasteiger partial charge in [-0.05, 0) is 66.7 Å². The zero-order valence-electron chi connectivity index (χ0n) is 18.3. The van der Waals surface area contributed by atoms with Crippen molar-refractivity contribution in [1.82, 2.24) is 0 Å². The van der Waals surface area contributed by atoms with E-state index in [-0.39, 0.29) is 5.75 Å². The SMILES string of the molecule is COC(=O)c1cc(OC)ccc1Nc1ccc(N(C)c2ccc(OCC(F)(F)F)cc2)cc1. The molecule has 0 spiro atoms. The van der Waals surface area contributed by atoms with E-state index < -0.39 is 18.8 Å². The van der Waals surface area contributed by atoms with Gasteiger partial charge in [-0.2, -0.15) is 13.2 Å². The molecule has 0 amide bonds. The Labute approximate surface area is 189 Å². The van der Waals surface area contributed by atoms with E-state index >= 15 is 0 Å². The summed E-state index contributed by atoms with van der Waals surface area (Å²) in [4.78, 5) is 14.0. The molecule has 0 radical (unpaired) electrons. The highest BCUT2D eigenvalue weighted by Crippen LogP contribution is 2.30. The number of hydrogen-bond donors (Lipinski definition) is 1. The Balaban J connectivity index is 1.71. The van der Waals surface area contributed by atoms with E-state index in [2.05, 4.69) is 5.32 Å². The van der Waals surface area contributed by atoms with E-state index in [1.54, 1.807) is 30.3 Å². The van der Waals surface area contributed by atoms with Crippen molar-refractivity contribution in [2.45, 2.75) is 6.18 Å². The van der Waals surface area contributed by atoms with Crippen LogP contribution in [0.25, 0.3) is 0 Å². The van der Waals surface area contributed by atoms with Crippen molar-refractivity contribution in [3.63, 3.8) is 0 Å². The number of benzene rings is 3. The first-order valence-electron chi connectivity index (χ1n) is 9.87. The van der Waals surface area contributed by atoms with Crippen LogP contribution in [0.2, 0.25) is 0 Å². The molecule has 3 aromatic carbocycles. The van der Waals surface area contributed by atoms with Crippen LogP contribution in [0.1, 0.15) is 10.4 Å². The summed E-state index contributed by atoms with van der Waals surface area (Å²) in [5, 5.41) is 3.20. The predicted octanol–water partition coefficient (Wildman–Crippen LogP) is 5.93. The lowest BCUT2D eigenvalue weighted by Gasteiger charge is -2.20. The van der Waals surface area contributed by atoms with Crippen LogP contribution in [-0.2, 0) is 4.74 Å². The number of nitrogens with one attached hydrogen (secondary N) is 1. The highest BCUT2D eigenvalue weighted by molar-refractivity contribution is 5.97. The van der Waals surface area contributed by atoms with Crippen molar-refractivity contribution in [2.24, 2.45) is 0 Å². The van der Waals surface area contributed by atoms with Crippen LogP contribution < -0.4 is 19.7 Å². The van der Waals surface area contributed by atoms with Gasteiger partial charge in [-0.3, -0.25) is 0 Å². The number of anilines is 4. The maximum absolute atomic E-state index is 12.3. The number of methoxy groups -OCH3 is 2. The predicted molar refractivity (Wildman–Crippen MR) is 120 cm³/mol. The van der Waals surface area contributed by atoms with Gasteiger partial charge in [-0.1, -0.05) is 0 Å². The fourth-order valence-electron chi connectivity index (χ4n) is 3.04. The molecule has 0 unspecified atom stereocenters. The third kappa shape index (κ3) is 6.31. The van der Waals surface area contributed by atoms with Gasteiger partial charge < -0.3 is 24.4 Å². The lowest BCUT2D eigenvalue weighted by molar-refractivity contribution is -0.153. The number of carbonyl (C=O) groups excluding carboxylic acids is 1. The largest absolute Gasteiger partial charge is 0.497 e. The minimum absolute atomic E-state index is 0.143. The van der Waals surface area contributed by atoms with Crippen molar-refractivity contribution < 1.29 is 32.2 Å². The monoisotopic (exact) mass is 460 g/mol. The Bertz CT molecular complexity index is 1080. The second-order valence-corrected chi connectivity index (χ2v) is 7.03. The lowest BCUT2D eigenvalue weighted by atomic mass is 10.1. The maximum atomic E-state index is 12.3. The van der Waals surface area contributed by atoms with Gasteiger partial charge in [0, 0.05) is 24.1 Å². The fraction of sp³-hybridized carbons (Fsp3) is 0.208. The molecule has 0 bridgehead atoms. The van der Waals surface area contributed by atoms with Crippen LogP contribution in [0.3, 0.4) is 0 Å². The van der Waals surface area contributed by atoms with Crippen molar-refractivity contribution in [2.75, 3.05) is 38.1 Å². The Morgan fingerprint density at radius 1 is 0.909 bits per heavy atom. The number of alkyl halides is 3. The Morgan fingerprint density at radius 2 is 1.48 bits per heavy atom. The number of halogens is 3. The molecule has 0 aromatic heterocycles. The molecule has 0 heterocycles.